The highest BCUT2D eigenvalue weighted by Gasteiger charge is 2.25. The lowest BCUT2D eigenvalue weighted by Gasteiger charge is -2.31. The molecule has 3 nitrogen and oxygen atoms in total. The van der Waals surface area contributed by atoms with Crippen LogP contribution in [0, 0.1) is 23.3 Å². The Hall–Kier alpha value is -1.40. The Morgan fingerprint density at radius 1 is 1.12 bits per heavy atom. The average Bonchev–Trinajstić information content (AvgIpc) is 2.60. The van der Waals surface area contributed by atoms with Gasteiger partial charge in [0.25, 0.3) is 0 Å². The molecule has 0 aliphatic carbocycles. The predicted molar refractivity (Wildman–Crippen MR) is 112 cm³/mol. The third-order valence-electron chi connectivity index (χ3n) is 5.06. The number of hydrogen-bond donors (Lipinski definition) is 1. The van der Waals surface area contributed by atoms with Crippen molar-refractivity contribution in [3.05, 3.63) is 62.7 Å². The van der Waals surface area contributed by atoms with E-state index in [1.807, 2.05) is 19.1 Å². The van der Waals surface area contributed by atoms with Crippen molar-refractivity contribution < 1.29 is 4.79 Å². The van der Waals surface area contributed by atoms with Crippen LogP contribution in [0.3, 0.4) is 0 Å². The van der Waals surface area contributed by atoms with Gasteiger partial charge in [-0.15, -0.1) is 0 Å². The van der Waals surface area contributed by atoms with Gasteiger partial charge in [0.15, 0.2) is 0 Å². The molecule has 1 saturated heterocycles. The molecule has 0 bridgehead atoms. The van der Waals surface area contributed by atoms with Crippen molar-refractivity contribution in [1.82, 2.24) is 4.90 Å². The molecule has 0 spiro atoms. The largest absolute Gasteiger partial charge is 0.326 e. The molecule has 4 heteroatoms. The minimum absolute atomic E-state index is 0.117. The molecule has 1 heterocycles. The molecule has 2 aromatic rings. The summed E-state index contributed by atoms with van der Waals surface area (Å²) < 4.78 is 1.19. The zero-order chi connectivity index (χ0) is 17.8. The van der Waals surface area contributed by atoms with Gasteiger partial charge in [-0.3, -0.25) is 9.69 Å². The van der Waals surface area contributed by atoms with Crippen LogP contribution in [0.5, 0.6) is 0 Å². The normalized spacial score (nSPS) is 16.0. The van der Waals surface area contributed by atoms with Crippen molar-refractivity contribution in [3.63, 3.8) is 0 Å². The predicted octanol–water partition coefficient (Wildman–Crippen LogP) is 4.76. The van der Waals surface area contributed by atoms with E-state index < -0.39 is 0 Å². The summed E-state index contributed by atoms with van der Waals surface area (Å²) in [5, 5.41) is 3.12. The Bertz CT molecular complexity index is 751. The van der Waals surface area contributed by atoms with Crippen LogP contribution < -0.4 is 5.32 Å². The van der Waals surface area contributed by atoms with Crippen LogP contribution in [0.1, 0.15) is 29.5 Å². The molecule has 0 aromatic heterocycles. The molecule has 1 amide bonds. The van der Waals surface area contributed by atoms with Crippen LogP contribution in [-0.4, -0.2) is 23.9 Å². The molecule has 3 rings (SSSR count). The van der Waals surface area contributed by atoms with Crippen LogP contribution in [0.15, 0.2) is 42.5 Å². The molecule has 1 fully saturated rings. The smallest absolute Gasteiger partial charge is 0.227 e. The van der Waals surface area contributed by atoms with Gasteiger partial charge >= 0.3 is 0 Å². The second-order valence-corrected chi connectivity index (χ2v) is 8.17. The van der Waals surface area contributed by atoms with Gasteiger partial charge in [-0.1, -0.05) is 24.3 Å². The summed E-state index contributed by atoms with van der Waals surface area (Å²) in [4.78, 5) is 15.1. The summed E-state index contributed by atoms with van der Waals surface area (Å²) in [5.74, 6) is 0.284. The zero-order valence-corrected chi connectivity index (χ0v) is 17.0. The molecule has 0 unspecified atom stereocenters. The summed E-state index contributed by atoms with van der Waals surface area (Å²) in [6, 6.07) is 14.7. The van der Waals surface area contributed by atoms with E-state index in [0.717, 1.165) is 43.7 Å². The second-order valence-electron chi connectivity index (χ2n) is 6.93. The molecule has 1 N–H and O–H groups in total. The van der Waals surface area contributed by atoms with E-state index in [1.54, 1.807) is 0 Å². The van der Waals surface area contributed by atoms with Crippen LogP contribution in [0.2, 0.25) is 0 Å². The van der Waals surface area contributed by atoms with E-state index in [0.29, 0.717) is 0 Å². The van der Waals surface area contributed by atoms with Crippen molar-refractivity contribution in [1.29, 1.82) is 0 Å². The molecule has 1 aliphatic heterocycles. The highest BCUT2D eigenvalue weighted by atomic mass is 127. The minimum Gasteiger partial charge on any atom is -0.326 e. The molecule has 0 saturated carbocycles. The molecule has 0 radical (unpaired) electrons. The zero-order valence-electron chi connectivity index (χ0n) is 14.9. The van der Waals surface area contributed by atoms with Crippen LogP contribution in [0.4, 0.5) is 5.69 Å². The second kappa shape index (κ2) is 8.32. The van der Waals surface area contributed by atoms with Gasteiger partial charge in [0, 0.05) is 21.7 Å². The number of hydrogen-bond acceptors (Lipinski definition) is 2. The SMILES string of the molecule is Cc1ccccc1CN1CCC(C(=O)Nc2ccc(I)cc2C)CC1. The summed E-state index contributed by atoms with van der Waals surface area (Å²) >= 11 is 2.29. The van der Waals surface area contributed by atoms with E-state index in [2.05, 4.69) is 70.1 Å². The van der Waals surface area contributed by atoms with Gasteiger partial charge in [-0.05, 0) is 97.3 Å². The fraction of sp³-hybridized carbons (Fsp3) is 0.381. The monoisotopic (exact) mass is 448 g/mol. The summed E-state index contributed by atoms with van der Waals surface area (Å²) in [7, 11) is 0. The number of carbonyl (C=O) groups excluding carboxylic acids is 1. The maximum Gasteiger partial charge on any atom is 0.227 e. The van der Waals surface area contributed by atoms with Gasteiger partial charge in [0.1, 0.15) is 0 Å². The fourth-order valence-electron chi connectivity index (χ4n) is 3.38. The number of nitrogens with zero attached hydrogens (tertiary/aromatic N) is 1. The van der Waals surface area contributed by atoms with E-state index in [4.69, 9.17) is 0 Å². The van der Waals surface area contributed by atoms with Crippen molar-refractivity contribution in [3.8, 4) is 0 Å². The Balaban J connectivity index is 1.53. The number of aryl methyl sites for hydroxylation is 2. The van der Waals surface area contributed by atoms with Crippen LogP contribution in [-0.2, 0) is 11.3 Å². The molecule has 25 heavy (non-hydrogen) atoms. The number of carbonyl (C=O) groups is 1. The maximum atomic E-state index is 12.6. The van der Waals surface area contributed by atoms with Gasteiger partial charge < -0.3 is 5.32 Å². The third-order valence-corrected chi connectivity index (χ3v) is 5.73. The minimum atomic E-state index is 0.117. The van der Waals surface area contributed by atoms with E-state index in [9.17, 15) is 4.79 Å². The number of nitrogens with one attached hydrogen (secondary N) is 1. The van der Waals surface area contributed by atoms with E-state index in [1.165, 1.54) is 14.7 Å². The van der Waals surface area contributed by atoms with E-state index >= 15 is 0 Å². The number of amides is 1. The first-order chi connectivity index (χ1) is 12.0. The Morgan fingerprint density at radius 3 is 2.52 bits per heavy atom. The van der Waals surface area contributed by atoms with Crippen molar-refractivity contribution in [2.75, 3.05) is 18.4 Å². The van der Waals surface area contributed by atoms with Crippen molar-refractivity contribution >= 4 is 34.2 Å². The Labute approximate surface area is 164 Å². The standard InChI is InChI=1S/C21H25IN2O/c1-15-5-3-4-6-18(15)14-24-11-9-17(10-12-24)21(25)23-20-8-7-19(22)13-16(20)2/h3-8,13,17H,9-12,14H2,1-2H3,(H,23,25). The van der Waals surface area contributed by atoms with Crippen molar-refractivity contribution in [2.24, 2.45) is 5.92 Å². The first kappa shape index (κ1) is 18.4. The van der Waals surface area contributed by atoms with Gasteiger partial charge in [0.2, 0.25) is 5.91 Å². The number of benzene rings is 2. The Kier molecular flexibility index (Phi) is 6.12. The third kappa shape index (κ3) is 4.82. The fourth-order valence-corrected chi connectivity index (χ4v) is 4.03. The molecule has 0 atom stereocenters. The lowest BCUT2D eigenvalue weighted by molar-refractivity contribution is -0.121. The van der Waals surface area contributed by atoms with Crippen LogP contribution in [0.25, 0.3) is 0 Å². The molecule has 132 valence electrons. The summed E-state index contributed by atoms with van der Waals surface area (Å²) in [5.41, 5.74) is 4.79. The Morgan fingerprint density at radius 2 is 1.84 bits per heavy atom. The number of piperidine rings is 1. The molecular weight excluding hydrogens is 423 g/mol. The number of anilines is 1. The number of rotatable bonds is 4. The van der Waals surface area contributed by atoms with Gasteiger partial charge in [-0.2, -0.15) is 0 Å². The summed E-state index contributed by atoms with van der Waals surface area (Å²) in [6.07, 6.45) is 1.86. The molecule has 1 aliphatic rings. The number of halogens is 1. The molecule has 2 aromatic carbocycles. The summed E-state index contributed by atoms with van der Waals surface area (Å²) in [6.45, 7) is 7.16. The number of likely N-dealkylation sites (tertiary alicyclic amines) is 1. The average molecular weight is 448 g/mol. The highest BCUT2D eigenvalue weighted by molar-refractivity contribution is 14.1. The van der Waals surface area contributed by atoms with E-state index in [-0.39, 0.29) is 11.8 Å². The lowest BCUT2D eigenvalue weighted by Crippen LogP contribution is -2.38. The van der Waals surface area contributed by atoms with Gasteiger partial charge in [0.05, 0.1) is 0 Å². The highest BCUT2D eigenvalue weighted by Crippen LogP contribution is 2.23. The van der Waals surface area contributed by atoms with Crippen molar-refractivity contribution in [2.45, 2.75) is 33.2 Å². The first-order valence-corrected chi connectivity index (χ1v) is 9.94. The maximum absolute atomic E-state index is 12.6. The van der Waals surface area contributed by atoms with Crippen LogP contribution >= 0.6 is 22.6 Å². The molecular formula is C21H25IN2O. The first-order valence-electron chi connectivity index (χ1n) is 8.87. The van der Waals surface area contributed by atoms with Gasteiger partial charge in [-0.25, -0.2) is 0 Å². The topological polar surface area (TPSA) is 32.3 Å². The lowest BCUT2D eigenvalue weighted by atomic mass is 9.95. The quantitative estimate of drug-likeness (QED) is 0.685.